The Morgan fingerprint density at radius 1 is 1.21 bits per heavy atom. The number of hydrogen-bond acceptors (Lipinski definition) is 2. The van der Waals surface area contributed by atoms with Crippen molar-refractivity contribution < 1.29 is 0 Å². The van der Waals surface area contributed by atoms with E-state index in [9.17, 15) is 0 Å². The molecule has 1 N–H and O–H groups in total. The van der Waals surface area contributed by atoms with Crippen LogP contribution in [0, 0.1) is 0 Å². The van der Waals surface area contributed by atoms with Gasteiger partial charge in [0.25, 0.3) is 0 Å². The fraction of sp³-hybridized carbons (Fsp3) is 0.625. The highest BCUT2D eigenvalue weighted by Gasteiger charge is 2.19. The van der Waals surface area contributed by atoms with Crippen molar-refractivity contribution in [1.29, 1.82) is 0 Å². The van der Waals surface area contributed by atoms with Gasteiger partial charge < -0.3 is 5.32 Å². The first kappa shape index (κ1) is 14.9. The lowest BCUT2D eigenvalue weighted by molar-refractivity contribution is 0.169. The molecular formula is C16H25BrN2. The summed E-state index contributed by atoms with van der Waals surface area (Å²) in [5.74, 6) is 0. The highest BCUT2D eigenvalue weighted by atomic mass is 79.9. The summed E-state index contributed by atoms with van der Waals surface area (Å²) in [7, 11) is 0. The molecule has 1 saturated carbocycles. The highest BCUT2D eigenvalue weighted by molar-refractivity contribution is 9.10. The predicted molar refractivity (Wildman–Crippen MR) is 86.8 cm³/mol. The van der Waals surface area contributed by atoms with Crippen LogP contribution in [0.15, 0.2) is 28.7 Å². The van der Waals surface area contributed by atoms with E-state index in [2.05, 4.69) is 57.3 Å². The van der Waals surface area contributed by atoms with Gasteiger partial charge in [0.15, 0.2) is 0 Å². The molecule has 0 atom stereocenters. The highest BCUT2D eigenvalue weighted by Crippen LogP contribution is 2.23. The molecule has 1 aromatic carbocycles. The zero-order valence-electron chi connectivity index (χ0n) is 11.9. The topological polar surface area (TPSA) is 15.3 Å². The first-order valence-electron chi connectivity index (χ1n) is 7.53. The Morgan fingerprint density at radius 2 is 1.95 bits per heavy atom. The molecule has 1 aliphatic carbocycles. The van der Waals surface area contributed by atoms with Crippen molar-refractivity contribution >= 4 is 21.6 Å². The van der Waals surface area contributed by atoms with E-state index in [1.165, 1.54) is 44.3 Å². The maximum Gasteiger partial charge on any atom is 0.0485 e. The molecule has 19 heavy (non-hydrogen) atoms. The lowest BCUT2D eigenvalue weighted by Crippen LogP contribution is -2.39. The summed E-state index contributed by atoms with van der Waals surface area (Å²) >= 11 is 3.58. The maximum atomic E-state index is 3.58. The molecule has 1 aliphatic rings. The normalized spacial score (nSPS) is 16.8. The molecule has 0 amide bonds. The van der Waals surface area contributed by atoms with E-state index in [-0.39, 0.29) is 0 Å². The van der Waals surface area contributed by atoms with Gasteiger partial charge in [0.2, 0.25) is 0 Å². The molecule has 2 rings (SSSR count). The van der Waals surface area contributed by atoms with E-state index in [4.69, 9.17) is 0 Å². The number of nitrogens with zero attached hydrogens (tertiary/aromatic N) is 1. The van der Waals surface area contributed by atoms with E-state index in [1.54, 1.807) is 0 Å². The summed E-state index contributed by atoms with van der Waals surface area (Å²) in [6, 6.07) is 9.16. The lowest BCUT2D eigenvalue weighted by Gasteiger charge is -2.33. The van der Waals surface area contributed by atoms with Crippen LogP contribution < -0.4 is 5.32 Å². The first-order chi connectivity index (χ1) is 9.31. The van der Waals surface area contributed by atoms with Crippen LogP contribution in [0.25, 0.3) is 0 Å². The number of para-hydroxylation sites is 1. The molecule has 1 aromatic rings. The van der Waals surface area contributed by atoms with Crippen molar-refractivity contribution in [2.45, 2.75) is 45.1 Å². The quantitative estimate of drug-likeness (QED) is 0.827. The molecule has 0 bridgehead atoms. The molecule has 0 saturated heterocycles. The summed E-state index contributed by atoms with van der Waals surface area (Å²) < 4.78 is 1.15. The minimum atomic E-state index is 0.819. The summed E-state index contributed by atoms with van der Waals surface area (Å²) in [5.41, 5.74) is 1.20. The second-order valence-corrected chi connectivity index (χ2v) is 6.18. The van der Waals surface area contributed by atoms with E-state index in [0.717, 1.165) is 23.6 Å². The predicted octanol–water partition coefficient (Wildman–Crippen LogP) is 4.52. The number of nitrogens with one attached hydrogen (secondary N) is 1. The van der Waals surface area contributed by atoms with Crippen LogP contribution in [0.5, 0.6) is 0 Å². The van der Waals surface area contributed by atoms with Gasteiger partial charge in [-0.25, -0.2) is 0 Å². The lowest BCUT2D eigenvalue weighted by atomic mass is 9.94. The average Bonchev–Trinajstić information content (AvgIpc) is 2.46. The smallest absolute Gasteiger partial charge is 0.0485 e. The number of likely N-dealkylation sites (N-methyl/N-ethyl adjacent to an activating group) is 1. The molecule has 106 valence electrons. The monoisotopic (exact) mass is 324 g/mol. The fourth-order valence-electron chi connectivity index (χ4n) is 2.98. The third-order valence-corrected chi connectivity index (χ3v) is 4.78. The largest absolute Gasteiger partial charge is 0.383 e. The van der Waals surface area contributed by atoms with Crippen LogP contribution in [-0.2, 0) is 0 Å². The number of rotatable bonds is 6. The van der Waals surface area contributed by atoms with Gasteiger partial charge in [-0.1, -0.05) is 38.3 Å². The van der Waals surface area contributed by atoms with Gasteiger partial charge in [-0.05, 0) is 47.4 Å². The van der Waals surface area contributed by atoms with E-state index < -0.39 is 0 Å². The number of hydrogen-bond donors (Lipinski definition) is 1. The van der Waals surface area contributed by atoms with Crippen LogP contribution >= 0.6 is 15.9 Å². The molecule has 2 nitrogen and oxygen atoms in total. The Labute approximate surface area is 125 Å². The molecule has 3 heteroatoms. The van der Waals surface area contributed by atoms with Crippen molar-refractivity contribution in [2.75, 3.05) is 25.0 Å². The summed E-state index contributed by atoms with van der Waals surface area (Å²) in [6.45, 7) is 5.62. The molecular weight excluding hydrogens is 300 g/mol. The van der Waals surface area contributed by atoms with Crippen molar-refractivity contribution in [3.05, 3.63) is 28.7 Å². The van der Waals surface area contributed by atoms with E-state index in [1.807, 2.05) is 0 Å². The standard InChI is InChI=1S/C16H25BrN2/c1-2-19(14-8-4-3-5-9-14)13-12-18-16-11-7-6-10-15(16)17/h6-7,10-11,14,18H,2-5,8-9,12-13H2,1H3. The van der Waals surface area contributed by atoms with Crippen LogP contribution in [0.3, 0.4) is 0 Å². The van der Waals surface area contributed by atoms with Crippen LogP contribution in [-0.4, -0.2) is 30.6 Å². The average molecular weight is 325 g/mol. The van der Waals surface area contributed by atoms with Gasteiger partial charge >= 0.3 is 0 Å². The maximum absolute atomic E-state index is 3.58. The molecule has 0 aliphatic heterocycles. The molecule has 0 aromatic heterocycles. The van der Waals surface area contributed by atoms with Gasteiger partial charge in [-0.3, -0.25) is 4.90 Å². The van der Waals surface area contributed by atoms with E-state index in [0.29, 0.717) is 0 Å². The van der Waals surface area contributed by atoms with Gasteiger partial charge in [-0.2, -0.15) is 0 Å². The van der Waals surface area contributed by atoms with Gasteiger partial charge in [0.05, 0.1) is 0 Å². The van der Waals surface area contributed by atoms with Crippen molar-refractivity contribution in [1.82, 2.24) is 4.90 Å². The summed E-state index contributed by atoms with van der Waals surface area (Å²) in [5, 5.41) is 3.53. The summed E-state index contributed by atoms with van der Waals surface area (Å²) in [4.78, 5) is 2.64. The Morgan fingerprint density at radius 3 is 2.63 bits per heavy atom. The third kappa shape index (κ3) is 4.50. The minimum Gasteiger partial charge on any atom is -0.383 e. The minimum absolute atomic E-state index is 0.819. The van der Waals surface area contributed by atoms with Gasteiger partial charge in [-0.15, -0.1) is 0 Å². The van der Waals surface area contributed by atoms with Crippen molar-refractivity contribution in [3.63, 3.8) is 0 Å². The molecule has 0 spiro atoms. The first-order valence-corrected chi connectivity index (χ1v) is 8.33. The van der Waals surface area contributed by atoms with Gasteiger partial charge in [0, 0.05) is 29.3 Å². The molecule has 1 fully saturated rings. The number of anilines is 1. The zero-order valence-corrected chi connectivity index (χ0v) is 13.5. The molecule has 0 radical (unpaired) electrons. The van der Waals surface area contributed by atoms with Gasteiger partial charge in [0.1, 0.15) is 0 Å². The van der Waals surface area contributed by atoms with Crippen LogP contribution in [0.1, 0.15) is 39.0 Å². The SMILES string of the molecule is CCN(CCNc1ccccc1Br)C1CCCCC1. The number of benzene rings is 1. The van der Waals surface area contributed by atoms with E-state index >= 15 is 0 Å². The van der Waals surface area contributed by atoms with Crippen LogP contribution in [0.2, 0.25) is 0 Å². The van der Waals surface area contributed by atoms with Crippen molar-refractivity contribution in [3.8, 4) is 0 Å². The zero-order chi connectivity index (χ0) is 13.5. The third-order valence-electron chi connectivity index (χ3n) is 4.09. The Hall–Kier alpha value is -0.540. The van der Waals surface area contributed by atoms with Crippen molar-refractivity contribution in [2.24, 2.45) is 0 Å². The molecule has 0 heterocycles. The second-order valence-electron chi connectivity index (χ2n) is 5.33. The number of halogens is 1. The Bertz CT molecular complexity index is 375. The van der Waals surface area contributed by atoms with Crippen LogP contribution in [0.4, 0.5) is 5.69 Å². The summed E-state index contributed by atoms with van der Waals surface area (Å²) in [6.07, 6.45) is 7.05. The molecule has 0 unspecified atom stereocenters. The second kappa shape index (κ2) is 7.91. The fourth-order valence-corrected chi connectivity index (χ4v) is 3.41. The Kier molecular flexibility index (Phi) is 6.18. The Balaban J connectivity index is 1.78.